The van der Waals surface area contributed by atoms with Crippen molar-refractivity contribution in [1.29, 1.82) is 0 Å². The number of ketones is 1. The third kappa shape index (κ3) is 4.89. The first-order chi connectivity index (χ1) is 16.7. The first kappa shape index (κ1) is 27.4. The van der Waals surface area contributed by atoms with Gasteiger partial charge in [0.1, 0.15) is 11.7 Å². The third-order valence-electron chi connectivity index (χ3n) is 6.46. The van der Waals surface area contributed by atoms with Crippen molar-refractivity contribution in [3.63, 3.8) is 0 Å². The van der Waals surface area contributed by atoms with Crippen molar-refractivity contribution >= 4 is 39.4 Å². The second-order valence-electron chi connectivity index (χ2n) is 9.43. The molecule has 0 radical (unpaired) electrons. The van der Waals surface area contributed by atoms with Gasteiger partial charge in [-0.05, 0) is 44.4 Å². The Morgan fingerprint density at radius 2 is 1.78 bits per heavy atom. The van der Waals surface area contributed by atoms with E-state index in [2.05, 4.69) is 10.3 Å². The number of nitrogens with one attached hydrogen (secondary N) is 1. The lowest BCUT2D eigenvalue weighted by Gasteiger charge is -2.42. The molecule has 1 saturated heterocycles. The van der Waals surface area contributed by atoms with E-state index in [1.165, 1.54) is 64.2 Å². The number of piperidine rings is 1. The molecule has 36 heavy (non-hydrogen) atoms. The zero-order valence-corrected chi connectivity index (χ0v) is 21.6. The average Bonchev–Trinajstić information content (AvgIpc) is 2.84. The van der Waals surface area contributed by atoms with E-state index in [9.17, 15) is 32.0 Å². The lowest BCUT2D eigenvalue weighted by atomic mass is 9.97. The fourth-order valence-electron chi connectivity index (χ4n) is 4.23. The number of hydrogen-bond acceptors (Lipinski definition) is 7. The van der Waals surface area contributed by atoms with Gasteiger partial charge in [-0.3, -0.25) is 24.1 Å². The van der Waals surface area contributed by atoms with Gasteiger partial charge in [-0.2, -0.15) is 0 Å². The molecule has 196 valence electrons. The van der Waals surface area contributed by atoms with E-state index in [1.807, 2.05) is 0 Å². The molecule has 2 aliphatic rings. The minimum absolute atomic E-state index is 0.00987. The Hall–Kier alpha value is -3.19. The van der Waals surface area contributed by atoms with Crippen LogP contribution in [0.3, 0.4) is 0 Å². The second kappa shape index (κ2) is 10.1. The molecule has 1 N–H and O–H groups in total. The molecular formula is C23H30FN5O6S. The number of Topliss-reactive ketones (excluding diaryl/α,β-unsaturated/α-hetero) is 1. The topological polar surface area (TPSA) is 137 Å². The first-order valence-electron chi connectivity index (χ1n) is 11.3. The summed E-state index contributed by atoms with van der Waals surface area (Å²) in [5, 5.41) is 2.53. The SMILES string of the molecule is CN(C(=O)C(C)(C)S(=O)(=O)N(C)C)C1CCCN2C(=O)C(=O)C(C(=O)NCc3ccc(F)cc3)N=C12. The molecule has 1 fully saturated rings. The maximum atomic E-state index is 13.3. The number of amides is 3. The number of sulfonamides is 1. The Morgan fingerprint density at radius 3 is 2.36 bits per heavy atom. The summed E-state index contributed by atoms with van der Waals surface area (Å²) in [4.78, 5) is 58.3. The highest BCUT2D eigenvalue weighted by Crippen LogP contribution is 2.27. The maximum Gasteiger partial charge on any atom is 0.298 e. The summed E-state index contributed by atoms with van der Waals surface area (Å²) in [5.41, 5.74) is 0.582. The predicted molar refractivity (Wildman–Crippen MR) is 129 cm³/mol. The van der Waals surface area contributed by atoms with Crippen LogP contribution in [0.5, 0.6) is 0 Å². The minimum atomic E-state index is -3.99. The van der Waals surface area contributed by atoms with Gasteiger partial charge < -0.3 is 10.2 Å². The molecule has 1 aromatic rings. The summed E-state index contributed by atoms with van der Waals surface area (Å²) in [5.74, 6) is -3.80. The highest BCUT2D eigenvalue weighted by molar-refractivity contribution is 7.91. The zero-order valence-electron chi connectivity index (χ0n) is 20.8. The monoisotopic (exact) mass is 523 g/mol. The number of halogens is 1. The van der Waals surface area contributed by atoms with Crippen molar-refractivity contribution in [2.24, 2.45) is 4.99 Å². The van der Waals surface area contributed by atoms with E-state index in [-0.39, 0.29) is 18.9 Å². The number of likely N-dealkylation sites (N-methyl/N-ethyl adjacent to an activating group) is 1. The standard InChI is InChI=1S/C23H30FN5O6S/c1-23(2,36(34,35)27(3)4)22(33)28(5)16-7-6-12-29-19(16)26-17(18(30)21(29)32)20(31)25-13-14-8-10-15(24)11-9-14/h8-11,16-17H,6-7,12-13H2,1-5H3,(H,25,31). The van der Waals surface area contributed by atoms with Gasteiger partial charge in [0.05, 0.1) is 6.04 Å². The largest absolute Gasteiger partial charge is 0.350 e. The Balaban J connectivity index is 1.88. The van der Waals surface area contributed by atoms with Crippen molar-refractivity contribution in [2.45, 2.75) is 50.1 Å². The molecule has 0 bridgehead atoms. The summed E-state index contributed by atoms with van der Waals surface area (Å²) in [7, 11) is 0.0857. The van der Waals surface area contributed by atoms with Gasteiger partial charge in [0.25, 0.3) is 17.6 Å². The number of nitrogens with zero attached hydrogens (tertiary/aromatic N) is 4. The summed E-state index contributed by atoms with van der Waals surface area (Å²) in [6.45, 7) is 2.77. The van der Waals surface area contributed by atoms with Crippen LogP contribution in [-0.2, 0) is 35.7 Å². The predicted octanol–water partition coefficient (Wildman–Crippen LogP) is -0.0889. The molecule has 13 heteroatoms. The molecule has 0 spiro atoms. The summed E-state index contributed by atoms with van der Waals surface area (Å²) >= 11 is 0. The molecule has 11 nitrogen and oxygen atoms in total. The number of carbonyl (C=O) groups excluding carboxylic acids is 4. The Morgan fingerprint density at radius 1 is 1.17 bits per heavy atom. The molecule has 2 heterocycles. The molecule has 0 saturated carbocycles. The van der Waals surface area contributed by atoms with Crippen LogP contribution in [0.1, 0.15) is 32.3 Å². The van der Waals surface area contributed by atoms with Gasteiger partial charge in [0, 0.05) is 34.2 Å². The van der Waals surface area contributed by atoms with Gasteiger partial charge in [-0.1, -0.05) is 12.1 Å². The van der Waals surface area contributed by atoms with Crippen LogP contribution in [0, 0.1) is 5.82 Å². The Bertz CT molecular complexity index is 1210. The Labute approximate surface area is 209 Å². The van der Waals surface area contributed by atoms with E-state index in [1.54, 1.807) is 0 Å². The van der Waals surface area contributed by atoms with Crippen LogP contribution in [-0.4, -0.2) is 96.4 Å². The van der Waals surface area contributed by atoms with Gasteiger partial charge in [0.15, 0.2) is 10.8 Å². The molecule has 3 rings (SSSR count). The van der Waals surface area contributed by atoms with Gasteiger partial charge >= 0.3 is 0 Å². The molecule has 2 unspecified atom stereocenters. The van der Waals surface area contributed by atoms with Crippen molar-refractivity contribution in [3.05, 3.63) is 35.6 Å². The highest BCUT2D eigenvalue weighted by Gasteiger charge is 2.50. The van der Waals surface area contributed by atoms with Crippen molar-refractivity contribution in [2.75, 3.05) is 27.7 Å². The van der Waals surface area contributed by atoms with E-state index < -0.39 is 56.2 Å². The second-order valence-corrected chi connectivity index (χ2v) is 12.1. The highest BCUT2D eigenvalue weighted by atomic mass is 32.2. The summed E-state index contributed by atoms with van der Waals surface area (Å²) in [6, 6.07) is 2.94. The Kier molecular flexibility index (Phi) is 7.65. The van der Waals surface area contributed by atoms with E-state index in [4.69, 9.17) is 0 Å². The zero-order chi connectivity index (χ0) is 27.0. The first-order valence-corrected chi connectivity index (χ1v) is 12.8. The summed E-state index contributed by atoms with van der Waals surface area (Å²) < 4.78 is 37.8. The van der Waals surface area contributed by atoms with E-state index in [0.717, 1.165) is 9.21 Å². The molecule has 2 atom stereocenters. The fraction of sp³-hybridized carbons (Fsp3) is 0.522. The van der Waals surface area contributed by atoms with Gasteiger partial charge in [0.2, 0.25) is 15.9 Å². The number of carbonyl (C=O) groups is 4. The average molecular weight is 524 g/mol. The minimum Gasteiger partial charge on any atom is -0.350 e. The molecule has 3 amide bonds. The van der Waals surface area contributed by atoms with Crippen molar-refractivity contribution < 1.29 is 32.0 Å². The fourth-order valence-corrected chi connectivity index (χ4v) is 5.51. The quantitative estimate of drug-likeness (QED) is 0.392. The smallest absolute Gasteiger partial charge is 0.298 e. The van der Waals surface area contributed by atoms with Crippen LogP contribution in [0.4, 0.5) is 4.39 Å². The number of hydrogen-bond donors (Lipinski definition) is 1. The number of fused-ring (bicyclic) bond motifs is 1. The molecule has 0 aliphatic carbocycles. The summed E-state index contributed by atoms with van der Waals surface area (Å²) in [6.07, 6.45) is 0.809. The number of rotatable bonds is 7. The molecular weight excluding hydrogens is 493 g/mol. The molecule has 1 aromatic carbocycles. The number of aliphatic imine (C=N–C) groups is 1. The third-order valence-corrected chi connectivity index (χ3v) is 8.88. The van der Waals surface area contributed by atoms with Crippen LogP contribution in [0.2, 0.25) is 0 Å². The molecule has 0 aromatic heterocycles. The number of benzene rings is 1. The molecule has 2 aliphatic heterocycles. The lowest BCUT2D eigenvalue weighted by molar-refractivity contribution is -0.146. The number of amidine groups is 1. The van der Waals surface area contributed by atoms with Crippen LogP contribution in [0.25, 0.3) is 0 Å². The normalized spacial score (nSPS) is 20.6. The van der Waals surface area contributed by atoms with Gasteiger partial charge in [-0.15, -0.1) is 0 Å². The van der Waals surface area contributed by atoms with Crippen LogP contribution < -0.4 is 5.32 Å². The van der Waals surface area contributed by atoms with Gasteiger partial charge in [-0.25, -0.2) is 22.1 Å². The van der Waals surface area contributed by atoms with Crippen molar-refractivity contribution in [1.82, 2.24) is 19.4 Å². The van der Waals surface area contributed by atoms with Crippen LogP contribution >= 0.6 is 0 Å². The van der Waals surface area contributed by atoms with E-state index >= 15 is 0 Å². The van der Waals surface area contributed by atoms with E-state index in [0.29, 0.717) is 18.4 Å². The maximum absolute atomic E-state index is 13.3. The van der Waals surface area contributed by atoms with Crippen LogP contribution in [0.15, 0.2) is 29.3 Å². The van der Waals surface area contributed by atoms with Crippen molar-refractivity contribution in [3.8, 4) is 0 Å². The lowest BCUT2D eigenvalue weighted by Crippen LogP contribution is -2.63.